The maximum absolute atomic E-state index is 4.59. The molecule has 0 saturated heterocycles. The van der Waals surface area contributed by atoms with Gasteiger partial charge in [-0.3, -0.25) is 0 Å². The van der Waals surface area contributed by atoms with E-state index in [9.17, 15) is 0 Å². The summed E-state index contributed by atoms with van der Waals surface area (Å²) in [6.07, 6.45) is 2.08. The van der Waals surface area contributed by atoms with Crippen LogP contribution in [-0.2, 0) is 0 Å². The Bertz CT molecular complexity index is 660. The first kappa shape index (κ1) is 12.5. The van der Waals surface area contributed by atoms with Gasteiger partial charge in [-0.25, -0.2) is 0 Å². The van der Waals surface area contributed by atoms with Gasteiger partial charge in [0.05, 0.1) is 4.88 Å². The fraction of sp³-hybridized carbons (Fsp3) is 0.0625. The van der Waals surface area contributed by atoms with Crippen LogP contribution in [0.15, 0.2) is 65.7 Å². The van der Waals surface area contributed by atoms with Gasteiger partial charge in [0, 0.05) is 5.56 Å². The number of hydrogen-bond donors (Lipinski definition) is 0. The van der Waals surface area contributed by atoms with Crippen molar-refractivity contribution >= 4 is 23.3 Å². The SMILES string of the molecule is CSc1nsc(-c2ccccc2)c1-c1ccccc1. The zero-order valence-electron chi connectivity index (χ0n) is 10.5. The van der Waals surface area contributed by atoms with Crippen LogP contribution >= 0.6 is 23.3 Å². The minimum atomic E-state index is 1.11. The molecular formula is C16H13NS2. The quantitative estimate of drug-likeness (QED) is 0.613. The predicted molar refractivity (Wildman–Crippen MR) is 84.8 cm³/mol. The van der Waals surface area contributed by atoms with Crippen LogP contribution in [0.4, 0.5) is 0 Å². The van der Waals surface area contributed by atoms with E-state index in [1.54, 1.807) is 23.3 Å². The lowest BCUT2D eigenvalue weighted by Crippen LogP contribution is -1.81. The molecule has 1 heterocycles. The molecule has 0 N–H and O–H groups in total. The molecule has 0 atom stereocenters. The van der Waals surface area contributed by atoms with Crippen LogP contribution in [0.5, 0.6) is 0 Å². The van der Waals surface area contributed by atoms with Crippen molar-refractivity contribution < 1.29 is 0 Å². The summed E-state index contributed by atoms with van der Waals surface area (Å²) in [5.74, 6) is 0. The third-order valence-electron chi connectivity index (χ3n) is 2.95. The Morgan fingerprint density at radius 2 is 1.42 bits per heavy atom. The van der Waals surface area contributed by atoms with Gasteiger partial charge in [0.25, 0.3) is 0 Å². The molecule has 1 aromatic heterocycles. The molecule has 0 aliphatic heterocycles. The van der Waals surface area contributed by atoms with Crippen molar-refractivity contribution in [3.8, 4) is 21.6 Å². The van der Waals surface area contributed by atoms with E-state index in [0.717, 1.165) is 5.03 Å². The molecule has 3 heteroatoms. The van der Waals surface area contributed by atoms with Crippen LogP contribution < -0.4 is 0 Å². The number of benzene rings is 2. The summed E-state index contributed by atoms with van der Waals surface area (Å²) >= 11 is 3.28. The van der Waals surface area contributed by atoms with Gasteiger partial charge < -0.3 is 0 Å². The Balaban J connectivity index is 2.20. The van der Waals surface area contributed by atoms with Crippen molar-refractivity contribution in [2.75, 3.05) is 6.26 Å². The van der Waals surface area contributed by atoms with Gasteiger partial charge in [-0.15, -0.1) is 11.8 Å². The molecule has 3 aromatic rings. The van der Waals surface area contributed by atoms with Crippen molar-refractivity contribution in [2.24, 2.45) is 0 Å². The van der Waals surface area contributed by atoms with Gasteiger partial charge >= 0.3 is 0 Å². The highest BCUT2D eigenvalue weighted by Gasteiger charge is 2.15. The molecule has 0 aliphatic rings. The first-order chi connectivity index (χ1) is 9.40. The van der Waals surface area contributed by atoms with Gasteiger partial charge in [0.2, 0.25) is 0 Å². The van der Waals surface area contributed by atoms with E-state index in [1.165, 1.54) is 21.6 Å². The molecule has 0 saturated carbocycles. The lowest BCUT2D eigenvalue weighted by atomic mass is 10.0. The molecule has 1 nitrogen and oxygen atoms in total. The molecule has 0 spiro atoms. The number of thioether (sulfide) groups is 1. The molecule has 0 radical (unpaired) electrons. The van der Waals surface area contributed by atoms with Crippen molar-refractivity contribution in [3.05, 3.63) is 60.7 Å². The highest BCUT2D eigenvalue weighted by molar-refractivity contribution is 7.98. The summed E-state index contributed by atoms with van der Waals surface area (Å²) in [6.45, 7) is 0. The van der Waals surface area contributed by atoms with Gasteiger partial charge in [0.1, 0.15) is 5.03 Å². The van der Waals surface area contributed by atoms with Crippen LogP contribution in [0.2, 0.25) is 0 Å². The molecule has 0 aliphatic carbocycles. The van der Waals surface area contributed by atoms with Crippen molar-refractivity contribution in [2.45, 2.75) is 5.03 Å². The van der Waals surface area contributed by atoms with Crippen LogP contribution in [0.25, 0.3) is 21.6 Å². The monoisotopic (exact) mass is 283 g/mol. The van der Waals surface area contributed by atoms with Crippen molar-refractivity contribution in [1.29, 1.82) is 0 Å². The molecule has 0 bridgehead atoms. The second kappa shape index (κ2) is 5.59. The Morgan fingerprint density at radius 1 is 0.842 bits per heavy atom. The van der Waals surface area contributed by atoms with Crippen molar-refractivity contribution in [1.82, 2.24) is 4.37 Å². The highest BCUT2D eigenvalue weighted by atomic mass is 32.2. The number of rotatable bonds is 3. The Labute approximate surface area is 121 Å². The third-order valence-corrected chi connectivity index (χ3v) is 4.65. The van der Waals surface area contributed by atoms with E-state index >= 15 is 0 Å². The molecular weight excluding hydrogens is 270 g/mol. The topological polar surface area (TPSA) is 12.9 Å². The number of aromatic nitrogens is 1. The zero-order valence-corrected chi connectivity index (χ0v) is 12.2. The first-order valence-electron chi connectivity index (χ1n) is 6.04. The van der Waals surface area contributed by atoms with Crippen molar-refractivity contribution in [3.63, 3.8) is 0 Å². The van der Waals surface area contributed by atoms with Crippen LogP contribution in [-0.4, -0.2) is 10.6 Å². The highest BCUT2D eigenvalue weighted by Crippen LogP contribution is 2.41. The van der Waals surface area contributed by atoms with E-state index in [-0.39, 0.29) is 0 Å². The van der Waals surface area contributed by atoms with Crippen LogP contribution in [0.3, 0.4) is 0 Å². The fourth-order valence-electron chi connectivity index (χ4n) is 2.06. The minimum absolute atomic E-state index is 1.11. The van der Waals surface area contributed by atoms with E-state index in [1.807, 2.05) is 12.1 Å². The average Bonchev–Trinajstić information content (AvgIpc) is 2.93. The van der Waals surface area contributed by atoms with E-state index < -0.39 is 0 Å². The van der Waals surface area contributed by atoms with Crippen LogP contribution in [0.1, 0.15) is 0 Å². The lowest BCUT2D eigenvalue weighted by Gasteiger charge is -2.05. The fourth-order valence-corrected chi connectivity index (χ4v) is 3.77. The second-order valence-corrected chi connectivity index (χ2v) is 5.70. The summed E-state index contributed by atoms with van der Waals surface area (Å²) in [4.78, 5) is 1.25. The normalized spacial score (nSPS) is 10.6. The molecule has 0 amide bonds. The number of nitrogens with zero attached hydrogens (tertiary/aromatic N) is 1. The van der Waals surface area contributed by atoms with Gasteiger partial charge in [-0.2, -0.15) is 4.37 Å². The molecule has 94 valence electrons. The lowest BCUT2D eigenvalue weighted by molar-refractivity contribution is 1.29. The summed E-state index contributed by atoms with van der Waals surface area (Å²) in [5, 5.41) is 1.11. The van der Waals surface area contributed by atoms with Crippen LogP contribution in [0, 0.1) is 0 Å². The van der Waals surface area contributed by atoms with Gasteiger partial charge in [0.15, 0.2) is 0 Å². The molecule has 2 aromatic carbocycles. The van der Waals surface area contributed by atoms with E-state index in [4.69, 9.17) is 0 Å². The van der Waals surface area contributed by atoms with Gasteiger partial charge in [-0.05, 0) is 28.9 Å². The van der Waals surface area contributed by atoms with E-state index in [2.05, 4.69) is 59.2 Å². The largest absolute Gasteiger partial charge is 0.185 e. The minimum Gasteiger partial charge on any atom is -0.185 e. The molecule has 0 fully saturated rings. The first-order valence-corrected chi connectivity index (χ1v) is 8.04. The smallest absolute Gasteiger partial charge is 0.118 e. The molecule has 3 rings (SSSR count). The summed E-state index contributed by atoms with van der Waals surface area (Å²) in [7, 11) is 0. The van der Waals surface area contributed by atoms with Gasteiger partial charge in [-0.1, -0.05) is 60.7 Å². The predicted octanol–water partition coefficient (Wildman–Crippen LogP) is 5.20. The summed E-state index contributed by atoms with van der Waals surface area (Å²) in [5.41, 5.74) is 3.72. The average molecular weight is 283 g/mol. The Morgan fingerprint density at radius 3 is 2.00 bits per heavy atom. The zero-order chi connectivity index (χ0) is 13.1. The van der Waals surface area contributed by atoms with E-state index in [0.29, 0.717) is 0 Å². The molecule has 0 unspecified atom stereocenters. The number of hydrogen-bond acceptors (Lipinski definition) is 3. The summed E-state index contributed by atoms with van der Waals surface area (Å²) in [6, 6.07) is 21.0. The second-order valence-electron chi connectivity index (χ2n) is 4.13. The standard InChI is InChI=1S/C16H13NS2/c1-18-16-14(12-8-4-2-5-9-12)15(19-17-16)13-10-6-3-7-11-13/h2-11H,1H3. The Kier molecular flexibility index (Phi) is 3.67. The Hall–Kier alpha value is -1.58. The molecule has 19 heavy (non-hydrogen) atoms. The third kappa shape index (κ3) is 2.44. The maximum atomic E-state index is 4.59. The maximum Gasteiger partial charge on any atom is 0.118 e. The summed E-state index contributed by atoms with van der Waals surface area (Å²) < 4.78 is 4.59.